The zero-order valence-corrected chi connectivity index (χ0v) is 14.8. The maximum Gasteiger partial charge on any atom is 0.192 e. The van der Waals surface area contributed by atoms with Crippen LogP contribution < -0.4 is 15.1 Å². The lowest BCUT2D eigenvalue weighted by atomic mass is 10.1. The maximum atomic E-state index is 12.5. The molecule has 2 heterocycles. The first-order valence-corrected chi connectivity index (χ1v) is 8.88. The van der Waals surface area contributed by atoms with Gasteiger partial charge in [-0.15, -0.1) is 0 Å². The first kappa shape index (κ1) is 16.7. The number of benzene rings is 2. The van der Waals surface area contributed by atoms with Gasteiger partial charge in [-0.25, -0.2) is 0 Å². The Kier molecular flexibility index (Phi) is 4.63. The molecule has 3 aromatic rings. The molecule has 1 aliphatic rings. The molecule has 0 radical (unpaired) electrons. The normalized spacial score (nSPS) is 14.6. The van der Waals surface area contributed by atoms with Crippen molar-refractivity contribution in [2.45, 2.75) is 13.5 Å². The minimum absolute atomic E-state index is 0.0556. The van der Waals surface area contributed by atoms with Crippen molar-refractivity contribution >= 4 is 16.6 Å². The van der Waals surface area contributed by atoms with E-state index in [1.807, 2.05) is 49.4 Å². The van der Waals surface area contributed by atoms with E-state index in [2.05, 4.69) is 16.0 Å². The predicted octanol–water partition coefficient (Wildman–Crippen LogP) is 3.25. The van der Waals surface area contributed by atoms with Gasteiger partial charge in [0, 0.05) is 41.3 Å². The number of para-hydroxylation sites is 1. The van der Waals surface area contributed by atoms with E-state index in [0.29, 0.717) is 17.6 Å². The van der Waals surface area contributed by atoms with Crippen molar-refractivity contribution < 1.29 is 9.47 Å². The number of anilines is 1. The molecule has 0 aliphatic carbocycles. The van der Waals surface area contributed by atoms with Gasteiger partial charge in [0.15, 0.2) is 5.43 Å². The smallest absolute Gasteiger partial charge is 0.192 e. The molecule has 4 rings (SSSR count). The highest BCUT2D eigenvalue weighted by Gasteiger charge is 2.12. The van der Waals surface area contributed by atoms with Crippen LogP contribution in [0.2, 0.25) is 0 Å². The molecule has 0 atom stereocenters. The van der Waals surface area contributed by atoms with Crippen LogP contribution in [0.3, 0.4) is 0 Å². The highest BCUT2D eigenvalue weighted by molar-refractivity contribution is 5.79. The first-order valence-electron chi connectivity index (χ1n) is 8.88. The van der Waals surface area contributed by atoms with Crippen LogP contribution in [0.4, 0.5) is 5.69 Å². The Morgan fingerprint density at radius 1 is 1.12 bits per heavy atom. The zero-order chi connectivity index (χ0) is 17.9. The molecule has 0 spiro atoms. The van der Waals surface area contributed by atoms with Crippen LogP contribution in [0.15, 0.2) is 53.3 Å². The molecule has 1 N–H and O–H groups in total. The number of nitrogens with zero attached hydrogens (tertiary/aromatic N) is 1. The lowest BCUT2D eigenvalue weighted by molar-refractivity contribution is 0.122. The van der Waals surface area contributed by atoms with E-state index in [1.54, 1.807) is 0 Å². The van der Waals surface area contributed by atoms with Crippen LogP contribution in [0.25, 0.3) is 10.9 Å². The number of rotatable bonds is 4. The predicted molar refractivity (Wildman–Crippen MR) is 103 cm³/mol. The summed E-state index contributed by atoms with van der Waals surface area (Å²) in [6.07, 6.45) is 0. The standard InChI is InChI=1S/C21H22N2O3/c1-15-20(22-19-8-3-2-7-18(19)21(15)24)14-26-17-6-4-5-16(13-17)23-9-11-25-12-10-23/h2-8,13H,9-12,14H2,1H3,(H,22,24). The van der Waals surface area contributed by atoms with Crippen molar-refractivity contribution in [2.75, 3.05) is 31.2 Å². The van der Waals surface area contributed by atoms with E-state index in [9.17, 15) is 4.79 Å². The van der Waals surface area contributed by atoms with E-state index in [1.165, 1.54) is 0 Å². The molecular formula is C21H22N2O3. The van der Waals surface area contributed by atoms with Crippen molar-refractivity contribution in [1.29, 1.82) is 0 Å². The molecule has 0 saturated carbocycles. The van der Waals surface area contributed by atoms with Crippen LogP contribution in [0.1, 0.15) is 11.3 Å². The number of pyridine rings is 1. The number of hydrogen-bond acceptors (Lipinski definition) is 4. The summed E-state index contributed by atoms with van der Waals surface area (Å²) in [4.78, 5) is 18.2. The highest BCUT2D eigenvalue weighted by atomic mass is 16.5. The average Bonchev–Trinajstić information content (AvgIpc) is 2.70. The van der Waals surface area contributed by atoms with Crippen molar-refractivity contribution in [3.8, 4) is 5.75 Å². The van der Waals surface area contributed by atoms with Crippen molar-refractivity contribution in [1.82, 2.24) is 4.98 Å². The average molecular weight is 350 g/mol. The van der Waals surface area contributed by atoms with Gasteiger partial charge in [-0.1, -0.05) is 18.2 Å². The number of morpholine rings is 1. The summed E-state index contributed by atoms with van der Waals surface area (Å²) < 4.78 is 11.4. The van der Waals surface area contributed by atoms with E-state index in [4.69, 9.17) is 9.47 Å². The summed E-state index contributed by atoms with van der Waals surface area (Å²) in [5.74, 6) is 0.794. The van der Waals surface area contributed by atoms with Crippen molar-refractivity contribution in [3.05, 3.63) is 70.0 Å². The van der Waals surface area contributed by atoms with Gasteiger partial charge in [0.05, 0.1) is 18.9 Å². The molecule has 5 nitrogen and oxygen atoms in total. The highest BCUT2D eigenvalue weighted by Crippen LogP contribution is 2.23. The minimum atomic E-state index is 0.0556. The summed E-state index contributed by atoms with van der Waals surface area (Å²) in [5, 5.41) is 0.711. The van der Waals surface area contributed by atoms with Crippen LogP contribution >= 0.6 is 0 Å². The molecule has 5 heteroatoms. The van der Waals surface area contributed by atoms with Gasteiger partial charge in [0.1, 0.15) is 12.4 Å². The van der Waals surface area contributed by atoms with E-state index >= 15 is 0 Å². The molecule has 0 bridgehead atoms. The molecule has 0 unspecified atom stereocenters. The Morgan fingerprint density at radius 2 is 1.92 bits per heavy atom. The summed E-state index contributed by atoms with van der Waals surface area (Å²) in [6.45, 7) is 5.46. The largest absolute Gasteiger partial charge is 0.487 e. The summed E-state index contributed by atoms with van der Waals surface area (Å²) in [7, 11) is 0. The fourth-order valence-corrected chi connectivity index (χ4v) is 3.28. The Hall–Kier alpha value is -2.79. The second-order valence-corrected chi connectivity index (χ2v) is 6.49. The lowest BCUT2D eigenvalue weighted by Crippen LogP contribution is -2.36. The molecule has 26 heavy (non-hydrogen) atoms. The second kappa shape index (κ2) is 7.22. The van der Waals surface area contributed by atoms with Crippen molar-refractivity contribution in [3.63, 3.8) is 0 Å². The van der Waals surface area contributed by atoms with Crippen LogP contribution in [0.5, 0.6) is 5.75 Å². The van der Waals surface area contributed by atoms with E-state index < -0.39 is 0 Å². The summed E-state index contributed by atoms with van der Waals surface area (Å²) in [6, 6.07) is 15.6. The molecular weight excluding hydrogens is 328 g/mol. The summed E-state index contributed by atoms with van der Waals surface area (Å²) in [5.41, 5.74) is 3.54. The fraction of sp³-hybridized carbons (Fsp3) is 0.286. The third-order valence-corrected chi connectivity index (χ3v) is 4.83. The summed E-state index contributed by atoms with van der Waals surface area (Å²) >= 11 is 0. The van der Waals surface area contributed by atoms with Gasteiger partial charge >= 0.3 is 0 Å². The zero-order valence-electron chi connectivity index (χ0n) is 14.8. The first-order chi connectivity index (χ1) is 12.7. The molecule has 1 aliphatic heterocycles. The number of hydrogen-bond donors (Lipinski definition) is 1. The molecule has 2 aromatic carbocycles. The SMILES string of the molecule is Cc1c(COc2cccc(N3CCOCC3)c2)[nH]c2ccccc2c1=O. The Labute approximate surface area is 152 Å². The Balaban J connectivity index is 1.55. The number of nitrogens with one attached hydrogen (secondary N) is 1. The van der Waals surface area contributed by atoms with Gasteiger partial charge in [-0.05, 0) is 31.2 Å². The lowest BCUT2D eigenvalue weighted by Gasteiger charge is -2.29. The third-order valence-electron chi connectivity index (χ3n) is 4.83. The number of aromatic nitrogens is 1. The number of aromatic amines is 1. The van der Waals surface area contributed by atoms with Gasteiger partial charge in [-0.2, -0.15) is 0 Å². The minimum Gasteiger partial charge on any atom is -0.487 e. The number of fused-ring (bicyclic) bond motifs is 1. The molecule has 1 saturated heterocycles. The number of H-pyrrole nitrogens is 1. The van der Waals surface area contributed by atoms with Crippen molar-refractivity contribution in [2.24, 2.45) is 0 Å². The maximum absolute atomic E-state index is 12.5. The third kappa shape index (κ3) is 3.30. The molecule has 1 aromatic heterocycles. The van der Waals surface area contributed by atoms with E-state index in [0.717, 1.165) is 49.0 Å². The monoisotopic (exact) mass is 350 g/mol. The topological polar surface area (TPSA) is 54.6 Å². The Bertz CT molecular complexity index is 974. The quantitative estimate of drug-likeness (QED) is 0.785. The van der Waals surface area contributed by atoms with Gasteiger partial charge in [0.25, 0.3) is 0 Å². The van der Waals surface area contributed by atoms with E-state index in [-0.39, 0.29) is 5.43 Å². The molecule has 0 amide bonds. The Morgan fingerprint density at radius 3 is 2.77 bits per heavy atom. The van der Waals surface area contributed by atoms with Crippen LogP contribution in [-0.4, -0.2) is 31.3 Å². The van der Waals surface area contributed by atoms with Crippen LogP contribution in [0, 0.1) is 6.92 Å². The van der Waals surface area contributed by atoms with Gasteiger partial charge < -0.3 is 19.4 Å². The van der Waals surface area contributed by atoms with Crippen LogP contribution in [-0.2, 0) is 11.3 Å². The fourth-order valence-electron chi connectivity index (χ4n) is 3.28. The van der Waals surface area contributed by atoms with Gasteiger partial charge in [0.2, 0.25) is 0 Å². The number of ether oxygens (including phenoxy) is 2. The molecule has 134 valence electrons. The molecule has 1 fully saturated rings. The second-order valence-electron chi connectivity index (χ2n) is 6.49. The van der Waals surface area contributed by atoms with Gasteiger partial charge in [-0.3, -0.25) is 4.79 Å².